The summed E-state index contributed by atoms with van der Waals surface area (Å²) < 4.78 is 0. The minimum absolute atomic E-state index is 0.0321. The molecule has 0 radical (unpaired) electrons. The van der Waals surface area contributed by atoms with Gasteiger partial charge in [0, 0.05) is 5.54 Å². The molecule has 0 aromatic heterocycles. The number of piperidine rings is 1. The highest BCUT2D eigenvalue weighted by molar-refractivity contribution is 5.88. The first kappa shape index (κ1) is 16.0. The van der Waals surface area contributed by atoms with Crippen LogP contribution in [0.1, 0.15) is 47.5 Å². The Morgan fingerprint density at radius 2 is 1.95 bits per heavy atom. The average molecular weight is 269 g/mol. The summed E-state index contributed by atoms with van der Waals surface area (Å²) in [6.07, 6.45) is 2.10. The fourth-order valence-corrected chi connectivity index (χ4v) is 2.39. The van der Waals surface area contributed by atoms with Crippen molar-refractivity contribution < 1.29 is 9.59 Å². The maximum absolute atomic E-state index is 12.1. The number of amides is 2. The van der Waals surface area contributed by atoms with E-state index in [9.17, 15) is 9.59 Å². The quantitative estimate of drug-likeness (QED) is 0.709. The monoisotopic (exact) mass is 269 g/mol. The van der Waals surface area contributed by atoms with Gasteiger partial charge in [-0.3, -0.25) is 9.59 Å². The third kappa shape index (κ3) is 5.19. The van der Waals surface area contributed by atoms with Crippen LogP contribution in [-0.2, 0) is 9.59 Å². The van der Waals surface area contributed by atoms with E-state index < -0.39 is 0 Å². The van der Waals surface area contributed by atoms with Crippen molar-refractivity contribution in [1.29, 1.82) is 0 Å². The van der Waals surface area contributed by atoms with E-state index in [1.807, 2.05) is 20.8 Å². The van der Waals surface area contributed by atoms with Gasteiger partial charge in [-0.15, -0.1) is 0 Å². The molecule has 110 valence electrons. The van der Waals surface area contributed by atoms with Gasteiger partial charge in [0.15, 0.2) is 0 Å². The molecule has 1 unspecified atom stereocenters. The van der Waals surface area contributed by atoms with Gasteiger partial charge < -0.3 is 16.0 Å². The van der Waals surface area contributed by atoms with Crippen LogP contribution in [0.15, 0.2) is 0 Å². The Hall–Kier alpha value is -1.10. The Labute approximate surface area is 115 Å². The van der Waals surface area contributed by atoms with Gasteiger partial charge in [0.25, 0.3) is 0 Å². The van der Waals surface area contributed by atoms with Crippen LogP contribution in [0.25, 0.3) is 0 Å². The number of rotatable bonds is 3. The zero-order valence-corrected chi connectivity index (χ0v) is 12.7. The van der Waals surface area contributed by atoms with Crippen molar-refractivity contribution in [2.75, 3.05) is 13.1 Å². The second kappa shape index (κ2) is 5.90. The summed E-state index contributed by atoms with van der Waals surface area (Å²) >= 11 is 0. The van der Waals surface area contributed by atoms with E-state index in [0.717, 1.165) is 19.4 Å². The van der Waals surface area contributed by atoms with Gasteiger partial charge in [0.05, 0.1) is 12.6 Å². The second-order valence-corrected chi connectivity index (χ2v) is 7.00. The second-order valence-electron chi connectivity index (χ2n) is 7.00. The highest BCUT2D eigenvalue weighted by Gasteiger charge is 2.37. The Kier molecular flexibility index (Phi) is 4.96. The molecule has 3 N–H and O–H groups in total. The summed E-state index contributed by atoms with van der Waals surface area (Å²) in [4.78, 5) is 23.8. The highest BCUT2D eigenvalue weighted by Crippen LogP contribution is 2.29. The summed E-state index contributed by atoms with van der Waals surface area (Å²) in [5.74, 6) is -0.247. The maximum Gasteiger partial charge on any atom is 0.239 e. The number of nitrogens with one attached hydrogen (secondary N) is 3. The summed E-state index contributed by atoms with van der Waals surface area (Å²) in [5.41, 5.74) is -0.340. The highest BCUT2D eigenvalue weighted by atomic mass is 16.2. The van der Waals surface area contributed by atoms with Crippen LogP contribution in [0, 0.1) is 5.41 Å². The summed E-state index contributed by atoms with van der Waals surface area (Å²) in [7, 11) is 0. The Bertz CT molecular complexity index is 345. The van der Waals surface area contributed by atoms with Crippen LogP contribution in [0.2, 0.25) is 0 Å². The lowest BCUT2D eigenvalue weighted by Gasteiger charge is -2.38. The molecule has 0 spiro atoms. The van der Waals surface area contributed by atoms with Crippen molar-refractivity contribution in [1.82, 2.24) is 16.0 Å². The third-order valence-corrected chi connectivity index (χ3v) is 3.33. The van der Waals surface area contributed by atoms with Crippen LogP contribution in [0.3, 0.4) is 0 Å². The molecular formula is C14H27N3O2. The molecule has 0 bridgehead atoms. The Morgan fingerprint density at radius 1 is 1.32 bits per heavy atom. The molecule has 1 aliphatic heterocycles. The predicted octanol–water partition coefficient (Wildman–Crippen LogP) is 0.796. The zero-order valence-electron chi connectivity index (χ0n) is 12.7. The Balaban J connectivity index is 2.45. The summed E-state index contributed by atoms with van der Waals surface area (Å²) in [5, 5.41) is 8.78. The topological polar surface area (TPSA) is 70.2 Å². The first-order valence-corrected chi connectivity index (χ1v) is 6.94. The van der Waals surface area contributed by atoms with Gasteiger partial charge in [0.1, 0.15) is 0 Å². The lowest BCUT2D eigenvalue weighted by atomic mass is 9.77. The SMILES string of the molecule is CC(C)(C)NC(=O)CNC(=O)C1NCCCC1(C)C. The molecule has 1 rings (SSSR count). The smallest absolute Gasteiger partial charge is 0.239 e. The fourth-order valence-electron chi connectivity index (χ4n) is 2.39. The molecular weight excluding hydrogens is 242 g/mol. The van der Waals surface area contributed by atoms with Crippen LogP contribution in [0.5, 0.6) is 0 Å². The van der Waals surface area contributed by atoms with E-state index in [-0.39, 0.29) is 35.4 Å². The lowest BCUT2D eigenvalue weighted by Crippen LogP contribution is -2.57. The van der Waals surface area contributed by atoms with Gasteiger partial charge in [0.2, 0.25) is 11.8 Å². The molecule has 1 heterocycles. The standard InChI is InChI=1S/C14H27N3O2/c1-13(2,3)17-10(18)9-16-12(19)11-14(4,5)7-6-8-15-11/h11,15H,6-9H2,1-5H3,(H,16,19)(H,17,18). The van der Waals surface area contributed by atoms with Crippen LogP contribution in [0.4, 0.5) is 0 Å². The molecule has 1 saturated heterocycles. The minimum Gasteiger partial charge on any atom is -0.350 e. The molecule has 0 aromatic rings. The third-order valence-electron chi connectivity index (χ3n) is 3.33. The van der Waals surface area contributed by atoms with Crippen LogP contribution >= 0.6 is 0 Å². The van der Waals surface area contributed by atoms with Crippen LogP contribution in [-0.4, -0.2) is 36.5 Å². The molecule has 0 aromatic carbocycles. The largest absolute Gasteiger partial charge is 0.350 e. The molecule has 0 aliphatic carbocycles. The lowest BCUT2D eigenvalue weighted by molar-refractivity contribution is -0.130. The van der Waals surface area contributed by atoms with Gasteiger partial charge in [-0.25, -0.2) is 0 Å². The predicted molar refractivity (Wildman–Crippen MR) is 75.7 cm³/mol. The van der Waals surface area contributed by atoms with Gasteiger partial charge in [-0.2, -0.15) is 0 Å². The van der Waals surface area contributed by atoms with Crippen molar-refractivity contribution >= 4 is 11.8 Å². The van der Waals surface area contributed by atoms with Crippen molar-refractivity contribution in [2.24, 2.45) is 5.41 Å². The number of carbonyl (C=O) groups is 2. The van der Waals surface area contributed by atoms with Gasteiger partial charge >= 0.3 is 0 Å². The molecule has 1 atom stereocenters. The summed E-state index contributed by atoms with van der Waals surface area (Å²) in [6, 6.07) is -0.219. The van der Waals surface area contributed by atoms with Crippen molar-refractivity contribution in [2.45, 2.75) is 59.0 Å². The molecule has 1 fully saturated rings. The van der Waals surface area contributed by atoms with Gasteiger partial charge in [-0.05, 0) is 45.6 Å². The van der Waals surface area contributed by atoms with E-state index in [2.05, 4.69) is 29.8 Å². The van der Waals surface area contributed by atoms with E-state index in [1.165, 1.54) is 0 Å². The minimum atomic E-state index is -0.274. The van der Waals surface area contributed by atoms with Crippen molar-refractivity contribution in [3.05, 3.63) is 0 Å². The van der Waals surface area contributed by atoms with Crippen LogP contribution < -0.4 is 16.0 Å². The van der Waals surface area contributed by atoms with Crippen molar-refractivity contribution in [3.63, 3.8) is 0 Å². The molecule has 5 heteroatoms. The van der Waals surface area contributed by atoms with Crippen molar-refractivity contribution in [3.8, 4) is 0 Å². The van der Waals surface area contributed by atoms with E-state index >= 15 is 0 Å². The molecule has 0 saturated carbocycles. The molecule has 5 nitrogen and oxygen atoms in total. The zero-order chi connectivity index (χ0) is 14.7. The van der Waals surface area contributed by atoms with E-state index in [0.29, 0.717) is 0 Å². The normalized spacial score (nSPS) is 22.7. The first-order valence-electron chi connectivity index (χ1n) is 6.94. The summed E-state index contributed by atoms with van der Waals surface area (Å²) in [6.45, 7) is 10.8. The van der Waals surface area contributed by atoms with E-state index in [4.69, 9.17) is 0 Å². The van der Waals surface area contributed by atoms with E-state index in [1.54, 1.807) is 0 Å². The average Bonchev–Trinajstić information content (AvgIpc) is 2.23. The number of hydrogen-bond donors (Lipinski definition) is 3. The fraction of sp³-hybridized carbons (Fsp3) is 0.857. The number of carbonyl (C=O) groups excluding carboxylic acids is 2. The van der Waals surface area contributed by atoms with Gasteiger partial charge in [-0.1, -0.05) is 13.8 Å². The molecule has 19 heavy (non-hydrogen) atoms. The Morgan fingerprint density at radius 3 is 2.47 bits per heavy atom. The molecule has 2 amide bonds. The first-order chi connectivity index (χ1) is 8.62. The molecule has 1 aliphatic rings. The number of hydrogen-bond acceptors (Lipinski definition) is 3. The maximum atomic E-state index is 12.1.